The van der Waals surface area contributed by atoms with E-state index in [1.54, 1.807) is 31.2 Å². The fourth-order valence-corrected chi connectivity index (χ4v) is 2.20. The maximum Gasteiger partial charge on any atom is 0.269 e. The van der Waals surface area contributed by atoms with E-state index in [1.807, 2.05) is 20.8 Å². The van der Waals surface area contributed by atoms with Gasteiger partial charge >= 0.3 is 0 Å². The van der Waals surface area contributed by atoms with Gasteiger partial charge in [0.1, 0.15) is 6.04 Å². The Morgan fingerprint density at radius 1 is 0.893 bits per heavy atom. The SMILES string of the molecule is CC(Nc1ccc(NC(=O)C(C)(C)C)cc1)C(=O)Nc1ccc([N+](=O)[O-])cc1. The van der Waals surface area contributed by atoms with E-state index in [4.69, 9.17) is 0 Å². The summed E-state index contributed by atoms with van der Waals surface area (Å²) in [6, 6.07) is 12.1. The molecule has 0 aliphatic heterocycles. The van der Waals surface area contributed by atoms with Crippen LogP contribution in [0.4, 0.5) is 22.7 Å². The van der Waals surface area contributed by atoms with Gasteiger partial charge in [-0.05, 0) is 43.3 Å². The molecule has 8 nitrogen and oxygen atoms in total. The third kappa shape index (κ3) is 5.80. The van der Waals surface area contributed by atoms with E-state index in [2.05, 4.69) is 16.0 Å². The second-order valence-corrected chi connectivity index (χ2v) is 7.44. The van der Waals surface area contributed by atoms with Crippen LogP contribution in [0.2, 0.25) is 0 Å². The lowest BCUT2D eigenvalue weighted by atomic mass is 9.95. The first-order valence-electron chi connectivity index (χ1n) is 8.79. The van der Waals surface area contributed by atoms with Gasteiger partial charge in [0.15, 0.2) is 0 Å². The topological polar surface area (TPSA) is 113 Å². The molecule has 0 aromatic heterocycles. The predicted octanol–water partition coefficient (Wildman–Crippen LogP) is 4.02. The molecule has 2 rings (SSSR count). The molecule has 1 atom stereocenters. The first kappa shape index (κ1) is 20.9. The number of nitro benzene ring substituents is 1. The number of carbonyl (C=O) groups excluding carboxylic acids is 2. The van der Waals surface area contributed by atoms with Crippen molar-refractivity contribution >= 4 is 34.6 Å². The Kier molecular flexibility index (Phi) is 6.35. The molecule has 0 spiro atoms. The van der Waals surface area contributed by atoms with Crippen molar-refractivity contribution in [1.82, 2.24) is 0 Å². The van der Waals surface area contributed by atoms with Crippen molar-refractivity contribution in [3.05, 3.63) is 58.6 Å². The summed E-state index contributed by atoms with van der Waals surface area (Å²) in [6.07, 6.45) is 0. The van der Waals surface area contributed by atoms with Crippen molar-refractivity contribution in [2.75, 3.05) is 16.0 Å². The standard InChI is InChI=1S/C20H24N4O4/c1-13(18(25)22-15-9-11-17(12-10-15)24(27)28)21-14-5-7-16(8-6-14)23-19(26)20(2,3)4/h5-13,21H,1-4H3,(H,22,25)(H,23,26). The average molecular weight is 384 g/mol. The van der Waals surface area contributed by atoms with Gasteiger partial charge in [-0.2, -0.15) is 0 Å². The number of anilines is 3. The van der Waals surface area contributed by atoms with E-state index < -0.39 is 16.4 Å². The number of nitro groups is 1. The fourth-order valence-electron chi connectivity index (χ4n) is 2.20. The van der Waals surface area contributed by atoms with Crippen LogP contribution in [0.1, 0.15) is 27.7 Å². The highest BCUT2D eigenvalue weighted by atomic mass is 16.6. The molecule has 0 saturated carbocycles. The largest absolute Gasteiger partial charge is 0.374 e. The zero-order chi connectivity index (χ0) is 20.9. The molecule has 3 N–H and O–H groups in total. The van der Waals surface area contributed by atoms with E-state index in [-0.39, 0.29) is 17.5 Å². The van der Waals surface area contributed by atoms with Crippen molar-refractivity contribution < 1.29 is 14.5 Å². The lowest BCUT2D eigenvalue weighted by molar-refractivity contribution is -0.384. The Balaban J connectivity index is 1.92. The molecule has 2 aromatic rings. The van der Waals surface area contributed by atoms with Crippen molar-refractivity contribution in [3.63, 3.8) is 0 Å². The molecule has 148 valence electrons. The van der Waals surface area contributed by atoms with Crippen LogP contribution in [0.15, 0.2) is 48.5 Å². The monoisotopic (exact) mass is 384 g/mol. The lowest BCUT2D eigenvalue weighted by Gasteiger charge is -2.18. The minimum Gasteiger partial charge on any atom is -0.374 e. The molecule has 0 saturated heterocycles. The second kappa shape index (κ2) is 8.51. The molecule has 0 aliphatic rings. The summed E-state index contributed by atoms with van der Waals surface area (Å²) < 4.78 is 0. The second-order valence-electron chi connectivity index (χ2n) is 7.44. The predicted molar refractivity (Wildman–Crippen MR) is 109 cm³/mol. The molecule has 0 bridgehead atoms. The molecule has 0 aliphatic carbocycles. The summed E-state index contributed by atoms with van der Waals surface area (Å²) in [5.74, 6) is -0.358. The number of nitrogens with zero attached hydrogens (tertiary/aromatic N) is 1. The number of amides is 2. The Morgan fingerprint density at radius 2 is 1.36 bits per heavy atom. The highest BCUT2D eigenvalue weighted by Gasteiger charge is 2.21. The molecule has 0 radical (unpaired) electrons. The van der Waals surface area contributed by atoms with Gasteiger partial charge in [0.25, 0.3) is 5.69 Å². The molecule has 0 heterocycles. The van der Waals surface area contributed by atoms with Crippen LogP contribution < -0.4 is 16.0 Å². The van der Waals surface area contributed by atoms with Gasteiger partial charge in [-0.3, -0.25) is 19.7 Å². The van der Waals surface area contributed by atoms with E-state index in [0.717, 1.165) is 5.69 Å². The summed E-state index contributed by atoms with van der Waals surface area (Å²) in [7, 11) is 0. The zero-order valence-electron chi connectivity index (χ0n) is 16.3. The van der Waals surface area contributed by atoms with E-state index in [9.17, 15) is 19.7 Å². The minimum absolute atomic E-state index is 0.0391. The molecule has 1 unspecified atom stereocenters. The van der Waals surface area contributed by atoms with Gasteiger partial charge < -0.3 is 16.0 Å². The van der Waals surface area contributed by atoms with Gasteiger partial charge in [0.2, 0.25) is 11.8 Å². The Bertz CT molecular complexity index is 855. The molecule has 2 aromatic carbocycles. The highest BCUT2D eigenvalue weighted by Crippen LogP contribution is 2.20. The van der Waals surface area contributed by atoms with Gasteiger partial charge in [-0.1, -0.05) is 20.8 Å². The third-order valence-corrected chi connectivity index (χ3v) is 3.95. The van der Waals surface area contributed by atoms with Gasteiger partial charge in [0, 0.05) is 34.6 Å². The fraction of sp³-hybridized carbons (Fsp3) is 0.300. The molecule has 28 heavy (non-hydrogen) atoms. The van der Waals surface area contributed by atoms with Crippen molar-refractivity contribution in [1.29, 1.82) is 0 Å². The van der Waals surface area contributed by atoms with Crippen molar-refractivity contribution in [3.8, 4) is 0 Å². The minimum atomic E-state index is -0.537. The number of carbonyl (C=O) groups is 2. The summed E-state index contributed by atoms with van der Waals surface area (Å²) in [6.45, 7) is 7.21. The summed E-state index contributed by atoms with van der Waals surface area (Å²) in [5, 5.41) is 19.3. The first-order chi connectivity index (χ1) is 13.1. The first-order valence-corrected chi connectivity index (χ1v) is 8.79. The molecular weight excluding hydrogens is 360 g/mol. The van der Waals surface area contributed by atoms with E-state index >= 15 is 0 Å². The van der Waals surface area contributed by atoms with Crippen LogP contribution in [-0.2, 0) is 9.59 Å². The van der Waals surface area contributed by atoms with E-state index in [0.29, 0.717) is 11.4 Å². The van der Waals surface area contributed by atoms with Crippen LogP contribution in [0, 0.1) is 15.5 Å². The number of nitrogens with one attached hydrogen (secondary N) is 3. The smallest absolute Gasteiger partial charge is 0.269 e. The van der Waals surface area contributed by atoms with Crippen LogP contribution in [0.25, 0.3) is 0 Å². The molecule has 0 fully saturated rings. The Hall–Kier alpha value is -3.42. The zero-order valence-corrected chi connectivity index (χ0v) is 16.3. The number of non-ortho nitro benzene ring substituents is 1. The summed E-state index contributed by atoms with van der Waals surface area (Å²) >= 11 is 0. The molecule has 2 amide bonds. The normalized spacial score (nSPS) is 12.0. The number of hydrogen-bond donors (Lipinski definition) is 3. The molecular formula is C20H24N4O4. The Labute approximate surface area is 163 Å². The van der Waals surface area contributed by atoms with Crippen LogP contribution >= 0.6 is 0 Å². The maximum absolute atomic E-state index is 12.3. The summed E-state index contributed by atoms with van der Waals surface area (Å²) in [5.41, 5.74) is 1.35. The van der Waals surface area contributed by atoms with Crippen LogP contribution in [-0.4, -0.2) is 22.8 Å². The number of hydrogen-bond acceptors (Lipinski definition) is 5. The highest BCUT2D eigenvalue weighted by molar-refractivity contribution is 5.96. The van der Waals surface area contributed by atoms with Crippen molar-refractivity contribution in [2.45, 2.75) is 33.7 Å². The van der Waals surface area contributed by atoms with Crippen LogP contribution in [0.3, 0.4) is 0 Å². The number of benzene rings is 2. The lowest BCUT2D eigenvalue weighted by Crippen LogP contribution is -2.31. The third-order valence-electron chi connectivity index (χ3n) is 3.95. The van der Waals surface area contributed by atoms with Crippen LogP contribution in [0.5, 0.6) is 0 Å². The summed E-state index contributed by atoms with van der Waals surface area (Å²) in [4.78, 5) is 34.5. The van der Waals surface area contributed by atoms with Gasteiger partial charge in [0.05, 0.1) is 4.92 Å². The van der Waals surface area contributed by atoms with Gasteiger partial charge in [-0.15, -0.1) is 0 Å². The van der Waals surface area contributed by atoms with Crippen molar-refractivity contribution in [2.24, 2.45) is 5.41 Å². The average Bonchev–Trinajstić information content (AvgIpc) is 2.62. The quantitative estimate of drug-likeness (QED) is 0.514. The maximum atomic E-state index is 12.3. The Morgan fingerprint density at radius 3 is 1.86 bits per heavy atom. The molecule has 8 heteroatoms. The van der Waals surface area contributed by atoms with Gasteiger partial charge in [-0.25, -0.2) is 0 Å². The van der Waals surface area contributed by atoms with E-state index in [1.165, 1.54) is 24.3 Å². The number of rotatable bonds is 6.